The second-order valence-corrected chi connectivity index (χ2v) is 8.91. The van der Waals surface area contributed by atoms with Crippen LogP contribution in [0.3, 0.4) is 0 Å². The topological polar surface area (TPSA) is 38.3 Å². The first-order valence-corrected chi connectivity index (χ1v) is 10.7. The average molecular weight is 352 g/mol. The standard InChI is InChI=1S/C18H25NO2S2/c20-17(19-15-5-2-1-3-6-15)13-21-16-9-7-14(8-10-16)18-22-11-4-12-23-18/h7-10,15,18H,1-6,11-13H2,(H,19,20). The molecule has 1 aliphatic carbocycles. The number of nitrogens with one attached hydrogen (secondary N) is 1. The number of thioether (sulfide) groups is 2. The summed E-state index contributed by atoms with van der Waals surface area (Å²) in [7, 11) is 0. The summed E-state index contributed by atoms with van der Waals surface area (Å²) in [6.45, 7) is 0.114. The van der Waals surface area contributed by atoms with E-state index in [2.05, 4.69) is 17.4 Å². The molecule has 1 aromatic rings. The summed E-state index contributed by atoms with van der Waals surface area (Å²) in [5, 5.41) is 3.08. The maximum Gasteiger partial charge on any atom is 0.258 e. The second-order valence-electron chi connectivity index (χ2n) is 6.19. The predicted molar refractivity (Wildman–Crippen MR) is 99.2 cm³/mol. The van der Waals surface area contributed by atoms with Crippen LogP contribution in [-0.4, -0.2) is 30.1 Å². The molecule has 1 saturated carbocycles. The van der Waals surface area contributed by atoms with E-state index in [1.165, 1.54) is 42.8 Å². The van der Waals surface area contributed by atoms with Gasteiger partial charge in [0.2, 0.25) is 0 Å². The summed E-state index contributed by atoms with van der Waals surface area (Å²) in [6, 6.07) is 8.58. The third-order valence-electron chi connectivity index (χ3n) is 4.32. The summed E-state index contributed by atoms with van der Waals surface area (Å²) in [6.07, 6.45) is 7.28. The number of hydrogen-bond acceptors (Lipinski definition) is 4. The molecule has 0 aromatic heterocycles. The van der Waals surface area contributed by atoms with E-state index in [-0.39, 0.29) is 12.5 Å². The predicted octanol–water partition coefficient (Wildman–Crippen LogP) is 4.38. The van der Waals surface area contributed by atoms with Crippen molar-refractivity contribution in [3.8, 4) is 5.75 Å². The lowest BCUT2D eigenvalue weighted by Gasteiger charge is -2.23. The minimum Gasteiger partial charge on any atom is -0.484 e. The van der Waals surface area contributed by atoms with Gasteiger partial charge < -0.3 is 10.1 Å². The largest absolute Gasteiger partial charge is 0.484 e. The highest BCUT2D eigenvalue weighted by atomic mass is 32.2. The summed E-state index contributed by atoms with van der Waals surface area (Å²) in [5.74, 6) is 3.27. The number of benzene rings is 1. The van der Waals surface area contributed by atoms with Gasteiger partial charge in [-0.1, -0.05) is 31.4 Å². The van der Waals surface area contributed by atoms with Gasteiger partial charge in [-0.05, 0) is 48.5 Å². The minimum atomic E-state index is -0.000585. The Morgan fingerprint density at radius 1 is 1.04 bits per heavy atom. The maximum atomic E-state index is 12.0. The minimum absolute atomic E-state index is 0.000585. The highest BCUT2D eigenvalue weighted by molar-refractivity contribution is 8.16. The van der Waals surface area contributed by atoms with E-state index in [0.717, 1.165) is 18.6 Å². The monoisotopic (exact) mass is 351 g/mol. The molecule has 3 nitrogen and oxygen atoms in total. The van der Waals surface area contributed by atoms with Gasteiger partial charge in [-0.3, -0.25) is 4.79 Å². The highest BCUT2D eigenvalue weighted by Crippen LogP contribution is 2.43. The number of hydrogen-bond donors (Lipinski definition) is 1. The van der Waals surface area contributed by atoms with Crippen LogP contribution in [0.15, 0.2) is 24.3 Å². The third kappa shape index (κ3) is 5.35. The molecule has 3 rings (SSSR count). The van der Waals surface area contributed by atoms with E-state index in [0.29, 0.717) is 10.6 Å². The SMILES string of the molecule is O=C(COc1ccc(C2SCCCS2)cc1)NC1CCCCC1. The van der Waals surface area contributed by atoms with E-state index in [1.807, 2.05) is 35.7 Å². The smallest absolute Gasteiger partial charge is 0.258 e. The molecule has 1 amide bonds. The lowest BCUT2D eigenvalue weighted by atomic mass is 9.95. The average Bonchev–Trinajstić information content (AvgIpc) is 2.62. The van der Waals surface area contributed by atoms with Gasteiger partial charge in [-0.2, -0.15) is 0 Å². The van der Waals surface area contributed by atoms with Crippen LogP contribution in [0, 0.1) is 0 Å². The molecule has 0 spiro atoms. The molecule has 1 N–H and O–H groups in total. The molecule has 0 radical (unpaired) electrons. The summed E-state index contributed by atoms with van der Waals surface area (Å²) >= 11 is 4.04. The first kappa shape index (κ1) is 17.0. The number of amides is 1. The summed E-state index contributed by atoms with van der Waals surface area (Å²) < 4.78 is 6.17. The van der Waals surface area contributed by atoms with Gasteiger partial charge in [0.25, 0.3) is 5.91 Å². The van der Waals surface area contributed by atoms with E-state index in [4.69, 9.17) is 4.74 Å². The lowest BCUT2D eigenvalue weighted by Crippen LogP contribution is -2.38. The number of rotatable bonds is 5. The molecule has 0 atom stereocenters. The van der Waals surface area contributed by atoms with Crippen molar-refractivity contribution >= 4 is 29.4 Å². The van der Waals surface area contributed by atoms with Crippen molar-refractivity contribution in [1.82, 2.24) is 5.32 Å². The van der Waals surface area contributed by atoms with E-state index >= 15 is 0 Å². The van der Waals surface area contributed by atoms with Crippen molar-refractivity contribution in [3.63, 3.8) is 0 Å². The zero-order valence-electron chi connectivity index (χ0n) is 13.5. The zero-order chi connectivity index (χ0) is 15.9. The fourth-order valence-corrected chi connectivity index (χ4v) is 5.96. The van der Waals surface area contributed by atoms with Crippen molar-refractivity contribution in [2.45, 2.75) is 49.1 Å². The molecule has 0 unspecified atom stereocenters. The Bertz CT molecular complexity index is 494. The molecule has 2 aliphatic rings. The molecule has 23 heavy (non-hydrogen) atoms. The second kappa shape index (κ2) is 8.88. The van der Waals surface area contributed by atoms with Crippen LogP contribution in [0.25, 0.3) is 0 Å². The Hall–Kier alpha value is -0.810. The van der Waals surface area contributed by atoms with Gasteiger partial charge in [-0.25, -0.2) is 0 Å². The molecular weight excluding hydrogens is 326 g/mol. The highest BCUT2D eigenvalue weighted by Gasteiger charge is 2.17. The number of ether oxygens (including phenoxy) is 1. The van der Waals surface area contributed by atoms with Gasteiger partial charge in [0, 0.05) is 6.04 Å². The van der Waals surface area contributed by atoms with Crippen molar-refractivity contribution in [3.05, 3.63) is 29.8 Å². The van der Waals surface area contributed by atoms with Gasteiger partial charge in [-0.15, -0.1) is 23.5 Å². The Morgan fingerprint density at radius 3 is 2.43 bits per heavy atom. The Morgan fingerprint density at radius 2 is 1.74 bits per heavy atom. The van der Waals surface area contributed by atoms with Crippen LogP contribution >= 0.6 is 23.5 Å². The third-order valence-corrected chi connectivity index (χ3v) is 7.33. The van der Waals surface area contributed by atoms with Crippen molar-refractivity contribution in [1.29, 1.82) is 0 Å². The van der Waals surface area contributed by atoms with Crippen LogP contribution < -0.4 is 10.1 Å². The lowest BCUT2D eigenvalue weighted by molar-refractivity contribution is -0.124. The molecule has 2 fully saturated rings. The molecule has 5 heteroatoms. The molecule has 1 aromatic carbocycles. The van der Waals surface area contributed by atoms with E-state index < -0.39 is 0 Å². The zero-order valence-corrected chi connectivity index (χ0v) is 15.1. The van der Waals surface area contributed by atoms with Gasteiger partial charge in [0.05, 0.1) is 4.58 Å². The normalized spacial score (nSPS) is 20.2. The molecule has 1 saturated heterocycles. The molecular formula is C18H25NO2S2. The molecule has 126 valence electrons. The Balaban J connectivity index is 1.43. The fraction of sp³-hybridized carbons (Fsp3) is 0.611. The van der Waals surface area contributed by atoms with Gasteiger partial charge >= 0.3 is 0 Å². The number of carbonyl (C=O) groups is 1. The van der Waals surface area contributed by atoms with Crippen molar-refractivity contribution in [2.75, 3.05) is 18.1 Å². The van der Waals surface area contributed by atoms with Crippen LogP contribution in [0.2, 0.25) is 0 Å². The van der Waals surface area contributed by atoms with Crippen LogP contribution in [-0.2, 0) is 4.79 Å². The van der Waals surface area contributed by atoms with Crippen LogP contribution in [0.4, 0.5) is 0 Å². The summed E-state index contributed by atoms with van der Waals surface area (Å²) in [5.41, 5.74) is 1.35. The van der Waals surface area contributed by atoms with Crippen molar-refractivity contribution < 1.29 is 9.53 Å². The van der Waals surface area contributed by atoms with Gasteiger partial charge in [0.15, 0.2) is 6.61 Å². The molecule has 0 bridgehead atoms. The van der Waals surface area contributed by atoms with E-state index in [9.17, 15) is 4.79 Å². The van der Waals surface area contributed by atoms with Crippen LogP contribution in [0.5, 0.6) is 5.75 Å². The quantitative estimate of drug-likeness (QED) is 0.854. The fourth-order valence-electron chi connectivity index (χ4n) is 3.07. The number of carbonyl (C=O) groups excluding carboxylic acids is 1. The van der Waals surface area contributed by atoms with E-state index in [1.54, 1.807) is 0 Å². The Labute approximate surface area is 147 Å². The summed E-state index contributed by atoms with van der Waals surface area (Å²) in [4.78, 5) is 12.0. The van der Waals surface area contributed by atoms with Crippen LogP contribution in [0.1, 0.15) is 48.7 Å². The molecule has 1 heterocycles. The Kier molecular flexibility index (Phi) is 6.57. The van der Waals surface area contributed by atoms with Gasteiger partial charge in [0.1, 0.15) is 5.75 Å². The molecule has 1 aliphatic heterocycles. The first-order chi connectivity index (χ1) is 11.3. The first-order valence-electron chi connectivity index (χ1n) is 8.56. The maximum absolute atomic E-state index is 12.0. The van der Waals surface area contributed by atoms with Crippen molar-refractivity contribution in [2.24, 2.45) is 0 Å².